The number of aromatic nitrogens is 2. The van der Waals surface area contributed by atoms with Gasteiger partial charge in [-0.15, -0.1) is 0 Å². The molecule has 8 heteroatoms. The minimum Gasteiger partial charge on any atom is -0.361 e. The van der Waals surface area contributed by atoms with Gasteiger partial charge in [-0.1, -0.05) is 0 Å². The van der Waals surface area contributed by atoms with Crippen LogP contribution in [0.5, 0.6) is 0 Å². The van der Waals surface area contributed by atoms with Crippen molar-refractivity contribution in [3.05, 3.63) is 71.6 Å². The molecule has 5 rings (SSSR count). The molecule has 2 aromatic heterocycles. The summed E-state index contributed by atoms with van der Waals surface area (Å²) in [6.07, 6.45) is 3.29. The molecule has 2 aromatic carbocycles. The molecule has 1 aliphatic rings. The summed E-state index contributed by atoms with van der Waals surface area (Å²) in [6.45, 7) is 0. The van der Waals surface area contributed by atoms with E-state index in [1.807, 2.05) is 22.9 Å². The van der Waals surface area contributed by atoms with Gasteiger partial charge in [0.25, 0.3) is 11.8 Å². The lowest BCUT2D eigenvalue weighted by Crippen LogP contribution is -2.26. The fraction of sp³-hybridized carbons (Fsp3) is 0.0476. The van der Waals surface area contributed by atoms with Crippen LogP contribution >= 0.6 is 22.9 Å². The Bertz CT molecular complexity index is 1400. The SMILES string of the molecule is CN1C(=O)C(c2c[nH]c3ccc(F)cc23)=C(c2cn(I)c3ccc(F)cc23)C1=O. The Morgan fingerprint density at radius 3 is 2.24 bits per heavy atom. The number of H-pyrrole nitrogens is 1. The summed E-state index contributed by atoms with van der Waals surface area (Å²) in [6, 6.07) is 8.52. The normalized spacial score (nSPS) is 14.8. The molecule has 0 bridgehead atoms. The van der Waals surface area contributed by atoms with Crippen LogP contribution in [-0.2, 0) is 9.59 Å². The summed E-state index contributed by atoms with van der Waals surface area (Å²) in [4.78, 5) is 30.1. The lowest BCUT2D eigenvalue weighted by molar-refractivity contribution is -0.134. The lowest BCUT2D eigenvalue weighted by atomic mass is 9.95. The van der Waals surface area contributed by atoms with E-state index in [9.17, 15) is 18.4 Å². The van der Waals surface area contributed by atoms with Gasteiger partial charge in [0.1, 0.15) is 11.6 Å². The minimum absolute atomic E-state index is 0.169. The first-order valence-corrected chi connectivity index (χ1v) is 9.64. The van der Waals surface area contributed by atoms with Crippen molar-refractivity contribution in [1.29, 1.82) is 0 Å². The maximum atomic E-state index is 13.9. The molecule has 0 saturated carbocycles. The first-order valence-electron chi connectivity index (χ1n) is 8.67. The Morgan fingerprint density at radius 1 is 0.897 bits per heavy atom. The van der Waals surface area contributed by atoms with Crippen molar-refractivity contribution < 1.29 is 18.4 Å². The third-order valence-corrected chi connectivity index (χ3v) is 5.99. The van der Waals surface area contributed by atoms with Crippen LogP contribution in [0.25, 0.3) is 33.0 Å². The number of carbonyl (C=O) groups excluding carboxylic acids is 2. The summed E-state index contributed by atoms with van der Waals surface area (Å²) >= 11 is 2.04. The number of halogens is 3. The molecule has 0 unspecified atom stereocenters. The second-order valence-electron chi connectivity index (χ2n) is 6.83. The number of likely N-dealkylation sites (N-methyl/N-ethyl adjacent to an activating group) is 1. The number of fused-ring (bicyclic) bond motifs is 2. The zero-order valence-electron chi connectivity index (χ0n) is 15.0. The molecule has 3 heterocycles. The predicted molar refractivity (Wildman–Crippen MR) is 114 cm³/mol. The van der Waals surface area contributed by atoms with Crippen molar-refractivity contribution in [2.75, 3.05) is 7.05 Å². The van der Waals surface area contributed by atoms with Crippen molar-refractivity contribution in [2.24, 2.45) is 0 Å². The second-order valence-corrected chi connectivity index (χ2v) is 7.87. The van der Waals surface area contributed by atoms with E-state index in [1.165, 1.54) is 31.3 Å². The number of hydrogen-bond acceptors (Lipinski definition) is 2. The van der Waals surface area contributed by atoms with Gasteiger partial charge in [0.2, 0.25) is 0 Å². The number of benzene rings is 2. The van der Waals surface area contributed by atoms with Crippen molar-refractivity contribution in [3.63, 3.8) is 0 Å². The van der Waals surface area contributed by atoms with Crippen LogP contribution < -0.4 is 0 Å². The van der Waals surface area contributed by atoms with Gasteiger partial charge >= 0.3 is 0 Å². The number of nitrogens with zero attached hydrogens (tertiary/aromatic N) is 2. The van der Waals surface area contributed by atoms with E-state index in [1.54, 1.807) is 27.3 Å². The Hall–Kier alpha value is -3.01. The molecule has 0 aliphatic carbocycles. The number of amides is 2. The average molecular weight is 503 g/mol. The van der Waals surface area contributed by atoms with Crippen LogP contribution in [0.2, 0.25) is 0 Å². The third kappa shape index (κ3) is 2.55. The van der Waals surface area contributed by atoms with Crippen LogP contribution in [0.3, 0.4) is 0 Å². The molecule has 0 fully saturated rings. The molecule has 1 N–H and O–H groups in total. The van der Waals surface area contributed by atoms with Crippen LogP contribution in [0.4, 0.5) is 8.78 Å². The van der Waals surface area contributed by atoms with Gasteiger partial charge in [-0.05, 0) is 36.4 Å². The molecule has 0 atom stereocenters. The van der Waals surface area contributed by atoms with Crippen molar-refractivity contribution in [3.8, 4) is 0 Å². The summed E-state index contributed by atoms with van der Waals surface area (Å²) < 4.78 is 29.6. The summed E-state index contributed by atoms with van der Waals surface area (Å²) in [5.74, 6) is -1.86. The molecule has 0 spiro atoms. The molecular formula is C21H12F2IN3O2. The van der Waals surface area contributed by atoms with E-state index in [0.717, 1.165) is 4.90 Å². The molecule has 5 nitrogen and oxygen atoms in total. The van der Waals surface area contributed by atoms with Crippen LogP contribution in [0.15, 0.2) is 48.8 Å². The molecule has 0 saturated heterocycles. The number of hydrogen-bond donors (Lipinski definition) is 1. The Labute approximate surface area is 177 Å². The van der Waals surface area contributed by atoms with Gasteiger partial charge in [0.15, 0.2) is 0 Å². The molecule has 144 valence electrons. The largest absolute Gasteiger partial charge is 0.361 e. The molecule has 29 heavy (non-hydrogen) atoms. The number of rotatable bonds is 2. The smallest absolute Gasteiger partial charge is 0.261 e. The highest BCUT2D eigenvalue weighted by molar-refractivity contribution is 14.1. The molecule has 1 aliphatic heterocycles. The zero-order chi connectivity index (χ0) is 20.4. The fourth-order valence-electron chi connectivity index (χ4n) is 3.80. The second kappa shape index (κ2) is 6.24. The van der Waals surface area contributed by atoms with Crippen molar-refractivity contribution in [1.82, 2.24) is 12.7 Å². The number of nitrogens with one attached hydrogen (secondary N) is 1. The van der Waals surface area contributed by atoms with E-state index in [2.05, 4.69) is 4.98 Å². The first kappa shape index (κ1) is 18.0. The fourth-order valence-corrected chi connectivity index (χ4v) is 4.50. The molecule has 0 radical (unpaired) electrons. The molecule has 4 aromatic rings. The van der Waals surface area contributed by atoms with Crippen LogP contribution in [0.1, 0.15) is 11.1 Å². The van der Waals surface area contributed by atoms with Crippen molar-refractivity contribution >= 4 is 67.6 Å². The summed E-state index contributed by atoms with van der Waals surface area (Å²) in [5, 5.41) is 1.02. The van der Waals surface area contributed by atoms with Crippen LogP contribution in [-0.4, -0.2) is 31.5 Å². The Morgan fingerprint density at radius 2 is 1.52 bits per heavy atom. The Kier molecular flexibility index (Phi) is 3.89. The highest BCUT2D eigenvalue weighted by Gasteiger charge is 2.39. The van der Waals surface area contributed by atoms with E-state index >= 15 is 0 Å². The minimum atomic E-state index is -0.485. The van der Waals surface area contributed by atoms with E-state index < -0.39 is 23.4 Å². The highest BCUT2D eigenvalue weighted by atomic mass is 127. The first-order chi connectivity index (χ1) is 13.9. The topological polar surface area (TPSA) is 58.1 Å². The van der Waals surface area contributed by atoms with Gasteiger partial charge in [0, 0.05) is 46.9 Å². The van der Waals surface area contributed by atoms with Gasteiger partial charge < -0.3 is 4.98 Å². The van der Waals surface area contributed by atoms with Crippen LogP contribution in [0, 0.1) is 11.6 Å². The van der Waals surface area contributed by atoms with Gasteiger partial charge in [0.05, 0.1) is 39.5 Å². The molecule has 2 amide bonds. The van der Waals surface area contributed by atoms with Gasteiger partial charge in [-0.25, -0.2) is 8.78 Å². The van der Waals surface area contributed by atoms with E-state index in [4.69, 9.17) is 0 Å². The predicted octanol–water partition coefficient (Wildman–Crippen LogP) is 4.51. The zero-order valence-corrected chi connectivity index (χ0v) is 17.1. The maximum absolute atomic E-state index is 13.9. The lowest BCUT2D eigenvalue weighted by Gasteiger charge is -2.06. The quantitative estimate of drug-likeness (QED) is 0.324. The van der Waals surface area contributed by atoms with Crippen molar-refractivity contribution in [2.45, 2.75) is 0 Å². The monoisotopic (exact) mass is 503 g/mol. The van der Waals surface area contributed by atoms with Gasteiger partial charge in [-0.2, -0.15) is 0 Å². The standard InChI is InChI=1S/C21H12F2IN3O2/c1-26-20(28)18(14-8-25-16-4-2-10(22)6-12(14)16)19(21(26)29)15-9-27(24)17-5-3-11(23)7-13(15)17/h2-9,25H,1H3. The van der Waals surface area contributed by atoms with E-state index in [-0.39, 0.29) is 11.1 Å². The Balaban J connectivity index is 1.88. The highest BCUT2D eigenvalue weighted by Crippen LogP contribution is 2.41. The van der Waals surface area contributed by atoms with Gasteiger partial charge in [-0.3, -0.25) is 17.3 Å². The number of imide groups is 1. The molecular weight excluding hydrogens is 491 g/mol. The number of carbonyl (C=O) groups is 2. The third-order valence-electron chi connectivity index (χ3n) is 5.19. The summed E-state index contributed by atoms with van der Waals surface area (Å²) in [7, 11) is 1.40. The summed E-state index contributed by atoms with van der Waals surface area (Å²) in [5.41, 5.74) is 2.59. The maximum Gasteiger partial charge on any atom is 0.261 e. The van der Waals surface area contributed by atoms with E-state index in [0.29, 0.717) is 32.9 Å². The average Bonchev–Trinajstić information content (AvgIpc) is 3.30. The number of aromatic amines is 1.